The maximum atomic E-state index is 12.7. The number of hydrogen-bond donors (Lipinski definition) is 0. The molecule has 0 bridgehead atoms. The van der Waals surface area contributed by atoms with Crippen molar-refractivity contribution in [3.05, 3.63) is 52.5 Å². The van der Waals surface area contributed by atoms with E-state index in [-0.39, 0.29) is 17.6 Å². The molecule has 1 aromatic carbocycles. The molecular formula is C23H24N4O2S. The quantitative estimate of drug-likeness (QED) is 0.577. The first kappa shape index (κ1) is 20.4. The number of piperidine rings is 1. The first-order valence-corrected chi connectivity index (χ1v) is 11.1. The SMILES string of the molecule is Cc1nc(SCC(=O)N2CCC(c3nc4ccccc4o3)CC2)c(C#N)c(C)c1C. The predicted molar refractivity (Wildman–Crippen MR) is 116 cm³/mol. The highest BCUT2D eigenvalue weighted by atomic mass is 32.2. The van der Waals surface area contributed by atoms with E-state index in [0.29, 0.717) is 23.7 Å². The summed E-state index contributed by atoms with van der Waals surface area (Å²) in [6.45, 7) is 7.22. The van der Waals surface area contributed by atoms with Crippen molar-refractivity contribution in [1.82, 2.24) is 14.9 Å². The molecule has 30 heavy (non-hydrogen) atoms. The van der Waals surface area contributed by atoms with Gasteiger partial charge in [0.2, 0.25) is 5.91 Å². The topological polar surface area (TPSA) is 83.0 Å². The van der Waals surface area contributed by atoms with Gasteiger partial charge in [0.05, 0.1) is 11.3 Å². The van der Waals surface area contributed by atoms with Crippen molar-refractivity contribution < 1.29 is 9.21 Å². The molecule has 0 spiro atoms. The molecule has 1 fully saturated rings. The van der Waals surface area contributed by atoms with E-state index < -0.39 is 0 Å². The van der Waals surface area contributed by atoms with E-state index in [1.54, 1.807) is 0 Å². The molecule has 3 aromatic rings. The summed E-state index contributed by atoms with van der Waals surface area (Å²) in [5.74, 6) is 1.38. The van der Waals surface area contributed by atoms with E-state index in [9.17, 15) is 10.1 Å². The van der Waals surface area contributed by atoms with Crippen LogP contribution in [0.3, 0.4) is 0 Å². The number of carbonyl (C=O) groups excluding carboxylic acids is 1. The molecule has 154 valence electrons. The molecule has 0 saturated carbocycles. The Morgan fingerprint density at radius 3 is 2.63 bits per heavy atom. The van der Waals surface area contributed by atoms with Crippen LogP contribution in [0.4, 0.5) is 0 Å². The van der Waals surface area contributed by atoms with Gasteiger partial charge in [0.15, 0.2) is 11.5 Å². The third kappa shape index (κ3) is 3.92. The van der Waals surface area contributed by atoms with Gasteiger partial charge in [-0.05, 0) is 56.9 Å². The van der Waals surface area contributed by atoms with E-state index in [4.69, 9.17) is 4.42 Å². The third-order valence-electron chi connectivity index (χ3n) is 5.91. The summed E-state index contributed by atoms with van der Waals surface area (Å²) in [5.41, 5.74) is 5.15. The molecule has 0 radical (unpaired) electrons. The molecular weight excluding hydrogens is 396 g/mol. The number of amides is 1. The van der Waals surface area contributed by atoms with Crippen molar-refractivity contribution in [1.29, 1.82) is 5.26 Å². The Morgan fingerprint density at radius 1 is 1.20 bits per heavy atom. The van der Waals surface area contributed by atoms with Crippen molar-refractivity contribution >= 4 is 28.8 Å². The van der Waals surface area contributed by atoms with Gasteiger partial charge in [0.1, 0.15) is 16.6 Å². The number of nitrogens with zero attached hydrogens (tertiary/aromatic N) is 4. The minimum absolute atomic E-state index is 0.0811. The van der Waals surface area contributed by atoms with Crippen LogP contribution in [0, 0.1) is 32.1 Å². The number of likely N-dealkylation sites (tertiary alicyclic amines) is 1. The molecule has 1 aliphatic heterocycles. The van der Waals surface area contributed by atoms with Gasteiger partial charge in [-0.15, -0.1) is 0 Å². The molecule has 6 nitrogen and oxygen atoms in total. The van der Waals surface area contributed by atoms with Crippen molar-refractivity contribution in [2.75, 3.05) is 18.8 Å². The van der Waals surface area contributed by atoms with Crippen molar-refractivity contribution in [2.45, 2.75) is 44.6 Å². The summed E-state index contributed by atoms with van der Waals surface area (Å²) in [5, 5.41) is 10.2. The van der Waals surface area contributed by atoms with Crippen molar-refractivity contribution in [3.63, 3.8) is 0 Å². The number of fused-ring (bicyclic) bond motifs is 1. The predicted octanol–water partition coefficient (Wildman–Crippen LogP) is 4.52. The van der Waals surface area contributed by atoms with Crippen LogP contribution in [0.15, 0.2) is 33.7 Å². The van der Waals surface area contributed by atoms with E-state index in [0.717, 1.165) is 46.7 Å². The molecule has 1 amide bonds. The zero-order valence-electron chi connectivity index (χ0n) is 17.4. The summed E-state index contributed by atoms with van der Waals surface area (Å²) >= 11 is 1.35. The smallest absolute Gasteiger partial charge is 0.232 e. The normalized spacial score (nSPS) is 14.8. The molecule has 1 saturated heterocycles. The Kier molecular flexibility index (Phi) is 5.78. The number of hydrogen-bond acceptors (Lipinski definition) is 6. The van der Waals surface area contributed by atoms with Crippen LogP contribution >= 0.6 is 11.8 Å². The van der Waals surface area contributed by atoms with Crippen LogP contribution in [-0.2, 0) is 4.79 Å². The lowest BCUT2D eigenvalue weighted by atomic mass is 9.97. The minimum atomic E-state index is 0.0811. The van der Waals surface area contributed by atoms with E-state index in [1.807, 2.05) is 49.9 Å². The average molecular weight is 421 g/mol. The lowest BCUT2D eigenvalue weighted by molar-refractivity contribution is -0.129. The van der Waals surface area contributed by atoms with Crippen molar-refractivity contribution in [2.24, 2.45) is 0 Å². The highest BCUT2D eigenvalue weighted by molar-refractivity contribution is 8.00. The number of rotatable bonds is 4. The second kappa shape index (κ2) is 8.49. The zero-order valence-corrected chi connectivity index (χ0v) is 18.3. The number of aryl methyl sites for hydroxylation is 1. The molecule has 2 aromatic heterocycles. The van der Waals surface area contributed by atoms with Crippen LogP contribution in [-0.4, -0.2) is 39.6 Å². The average Bonchev–Trinajstić information content (AvgIpc) is 3.20. The van der Waals surface area contributed by atoms with Gasteiger partial charge in [0, 0.05) is 24.7 Å². The van der Waals surface area contributed by atoms with Gasteiger partial charge in [-0.25, -0.2) is 9.97 Å². The summed E-state index contributed by atoms with van der Waals surface area (Å²) < 4.78 is 5.91. The molecule has 0 unspecified atom stereocenters. The van der Waals surface area contributed by atoms with Gasteiger partial charge in [-0.2, -0.15) is 5.26 Å². The van der Waals surface area contributed by atoms with E-state index >= 15 is 0 Å². The number of pyridine rings is 1. The van der Waals surface area contributed by atoms with Crippen LogP contribution in [0.1, 0.15) is 47.0 Å². The molecule has 7 heteroatoms. The second-order valence-electron chi connectivity index (χ2n) is 7.70. The fourth-order valence-electron chi connectivity index (χ4n) is 3.81. The molecule has 3 heterocycles. The number of carbonyl (C=O) groups is 1. The fraction of sp³-hybridized carbons (Fsp3) is 0.391. The largest absolute Gasteiger partial charge is 0.440 e. The Balaban J connectivity index is 1.37. The number of nitriles is 1. The Labute approximate surface area is 180 Å². The van der Waals surface area contributed by atoms with Crippen LogP contribution in [0.25, 0.3) is 11.1 Å². The van der Waals surface area contributed by atoms with Crippen molar-refractivity contribution in [3.8, 4) is 6.07 Å². The van der Waals surface area contributed by atoms with Crippen LogP contribution in [0.2, 0.25) is 0 Å². The number of benzene rings is 1. The minimum Gasteiger partial charge on any atom is -0.440 e. The zero-order chi connectivity index (χ0) is 21.3. The lowest BCUT2D eigenvalue weighted by Crippen LogP contribution is -2.39. The lowest BCUT2D eigenvalue weighted by Gasteiger charge is -2.30. The fourth-order valence-corrected chi connectivity index (χ4v) is 4.80. The summed E-state index contributed by atoms with van der Waals surface area (Å²) in [7, 11) is 0. The Hall–Kier alpha value is -2.85. The molecule has 4 rings (SSSR count). The second-order valence-corrected chi connectivity index (χ2v) is 8.67. The Morgan fingerprint density at radius 2 is 1.93 bits per heavy atom. The number of aromatic nitrogens is 2. The first-order valence-electron chi connectivity index (χ1n) is 10.1. The highest BCUT2D eigenvalue weighted by Gasteiger charge is 2.27. The highest BCUT2D eigenvalue weighted by Crippen LogP contribution is 2.31. The van der Waals surface area contributed by atoms with Gasteiger partial charge in [-0.3, -0.25) is 4.79 Å². The molecule has 1 aliphatic rings. The molecule has 0 aliphatic carbocycles. The van der Waals surface area contributed by atoms with Crippen LogP contribution < -0.4 is 0 Å². The van der Waals surface area contributed by atoms with Crippen LogP contribution in [0.5, 0.6) is 0 Å². The maximum Gasteiger partial charge on any atom is 0.232 e. The molecule has 0 atom stereocenters. The van der Waals surface area contributed by atoms with E-state index in [2.05, 4.69) is 16.0 Å². The first-order chi connectivity index (χ1) is 14.5. The van der Waals surface area contributed by atoms with Gasteiger partial charge in [0.25, 0.3) is 0 Å². The maximum absolute atomic E-state index is 12.7. The summed E-state index contributed by atoms with van der Waals surface area (Å²) in [6, 6.07) is 10.0. The van der Waals surface area contributed by atoms with Gasteiger partial charge < -0.3 is 9.32 Å². The number of thioether (sulfide) groups is 1. The van der Waals surface area contributed by atoms with Gasteiger partial charge >= 0.3 is 0 Å². The molecule has 0 N–H and O–H groups in total. The number of oxazole rings is 1. The summed E-state index contributed by atoms with van der Waals surface area (Å²) in [6.07, 6.45) is 1.68. The Bertz CT molecular complexity index is 1110. The van der Waals surface area contributed by atoms with E-state index in [1.165, 1.54) is 11.8 Å². The number of para-hydroxylation sites is 2. The summed E-state index contributed by atoms with van der Waals surface area (Å²) in [4.78, 5) is 23.8. The monoisotopic (exact) mass is 420 g/mol. The standard InChI is InChI=1S/C23H24N4O2S/c1-14-15(2)18(12-24)23(25-16(14)3)30-13-21(28)27-10-8-17(9-11-27)22-26-19-6-4-5-7-20(19)29-22/h4-7,17H,8-11,13H2,1-3H3. The van der Waals surface area contributed by atoms with Gasteiger partial charge in [-0.1, -0.05) is 23.9 Å². The third-order valence-corrected chi connectivity index (χ3v) is 6.87.